The lowest BCUT2D eigenvalue weighted by molar-refractivity contribution is -0.123. The number of aryl methyl sites for hydroxylation is 1. The van der Waals surface area contributed by atoms with E-state index in [1.807, 2.05) is 6.07 Å². The zero-order valence-electron chi connectivity index (χ0n) is 12.5. The number of pyridine rings is 1. The van der Waals surface area contributed by atoms with E-state index in [0.717, 1.165) is 42.8 Å². The Balaban J connectivity index is 1.47. The van der Waals surface area contributed by atoms with E-state index in [1.54, 1.807) is 18.7 Å². The number of hydrogen-bond donors (Lipinski definition) is 2. The molecule has 22 heavy (non-hydrogen) atoms. The molecule has 1 aliphatic carbocycles. The minimum absolute atomic E-state index is 0.0411. The number of hydrogen-bond acceptors (Lipinski definition) is 4. The highest BCUT2D eigenvalue weighted by Crippen LogP contribution is 2.27. The van der Waals surface area contributed by atoms with E-state index in [9.17, 15) is 4.79 Å². The SMILES string of the molecule is O=C(COc1ccnc2c1CCCC2)NCCc1cnc[nH]1. The Morgan fingerprint density at radius 2 is 2.27 bits per heavy atom. The Morgan fingerprint density at radius 1 is 1.36 bits per heavy atom. The van der Waals surface area contributed by atoms with Gasteiger partial charge >= 0.3 is 0 Å². The molecule has 3 rings (SSSR count). The molecular formula is C16H20N4O2. The molecule has 2 heterocycles. The van der Waals surface area contributed by atoms with Crippen LogP contribution in [0.2, 0.25) is 0 Å². The fourth-order valence-electron chi connectivity index (χ4n) is 2.68. The molecule has 6 heteroatoms. The molecule has 0 saturated carbocycles. The topological polar surface area (TPSA) is 79.9 Å². The molecule has 0 atom stereocenters. The lowest BCUT2D eigenvalue weighted by Crippen LogP contribution is -2.30. The van der Waals surface area contributed by atoms with Gasteiger partial charge in [0.15, 0.2) is 6.61 Å². The predicted molar refractivity (Wildman–Crippen MR) is 81.7 cm³/mol. The summed E-state index contributed by atoms with van der Waals surface area (Å²) in [6.45, 7) is 0.609. The molecule has 1 amide bonds. The van der Waals surface area contributed by atoms with Gasteiger partial charge in [0.05, 0.1) is 6.33 Å². The number of carbonyl (C=O) groups excluding carboxylic acids is 1. The zero-order chi connectivity index (χ0) is 15.2. The molecule has 0 aliphatic heterocycles. The van der Waals surface area contributed by atoms with Gasteiger partial charge in [-0.2, -0.15) is 0 Å². The van der Waals surface area contributed by atoms with Crippen molar-refractivity contribution in [2.45, 2.75) is 32.1 Å². The van der Waals surface area contributed by atoms with E-state index in [0.29, 0.717) is 6.54 Å². The summed E-state index contributed by atoms with van der Waals surface area (Å²) in [7, 11) is 0. The Hall–Kier alpha value is -2.37. The number of imidazole rings is 1. The molecule has 6 nitrogen and oxygen atoms in total. The van der Waals surface area contributed by atoms with Crippen molar-refractivity contribution in [2.24, 2.45) is 0 Å². The van der Waals surface area contributed by atoms with Crippen molar-refractivity contribution in [3.63, 3.8) is 0 Å². The van der Waals surface area contributed by atoms with E-state index in [2.05, 4.69) is 20.3 Å². The molecule has 0 spiro atoms. The third-order valence-corrected chi connectivity index (χ3v) is 3.82. The van der Waals surface area contributed by atoms with Crippen LogP contribution in [0.4, 0.5) is 0 Å². The summed E-state index contributed by atoms with van der Waals surface area (Å²) in [4.78, 5) is 23.2. The first-order valence-corrected chi connectivity index (χ1v) is 7.66. The van der Waals surface area contributed by atoms with Crippen LogP contribution >= 0.6 is 0 Å². The van der Waals surface area contributed by atoms with Crippen LogP contribution in [0.3, 0.4) is 0 Å². The molecule has 0 aromatic carbocycles. The third-order valence-electron chi connectivity index (χ3n) is 3.82. The number of nitrogens with zero attached hydrogens (tertiary/aromatic N) is 2. The van der Waals surface area contributed by atoms with Gasteiger partial charge < -0.3 is 15.0 Å². The first-order valence-electron chi connectivity index (χ1n) is 7.66. The summed E-state index contributed by atoms with van der Waals surface area (Å²) in [5.74, 6) is 0.689. The lowest BCUT2D eigenvalue weighted by atomic mass is 9.95. The molecule has 116 valence electrons. The average molecular weight is 300 g/mol. The van der Waals surface area contributed by atoms with Gasteiger partial charge in [0.25, 0.3) is 5.91 Å². The number of aromatic nitrogens is 3. The Bertz CT molecular complexity index is 625. The molecule has 1 aliphatic rings. The Kier molecular flexibility index (Phi) is 4.68. The van der Waals surface area contributed by atoms with Crippen molar-refractivity contribution in [2.75, 3.05) is 13.2 Å². The number of H-pyrrole nitrogens is 1. The minimum Gasteiger partial charge on any atom is -0.483 e. The number of nitrogens with one attached hydrogen (secondary N) is 2. The number of amides is 1. The van der Waals surface area contributed by atoms with Gasteiger partial charge in [-0.05, 0) is 31.7 Å². The quantitative estimate of drug-likeness (QED) is 0.845. The monoisotopic (exact) mass is 300 g/mol. The van der Waals surface area contributed by atoms with Gasteiger partial charge in [-0.15, -0.1) is 0 Å². The third kappa shape index (κ3) is 3.63. The summed E-state index contributed by atoms with van der Waals surface area (Å²) < 4.78 is 5.68. The van der Waals surface area contributed by atoms with Crippen molar-refractivity contribution in [3.05, 3.63) is 41.7 Å². The second-order valence-corrected chi connectivity index (χ2v) is 5.41. The predicted octanol–water partition coefficient (Wildman–Crippen LogP) is 1.42. The number of rotatable bonds is 6. The van der Waals surface area contributed by atoms with Crippen LogP contribution < -0.4 is 10.1 Å². The van der Waals surface area contributed by atoms with E-state index >= 15 is 0 Å². The van der Waals surface area contributed by atoms with Crippen LogP contribution in [-0.2, 0) is 24.1 Å². The second-order valence-electron chi connectivity index (χ2n) is 5.41. The maximum Gasteiger partial charge on any atom is 0.257 e. The molecular weight excluding hydrogens is 280 g/mol. The largest absolute Gasteiger partial charge is 0.483 e. The maximum atomic E-state index is 11.8. The van der Waals surface area contributed by atoms with Gasteiger partial charge in [-0.1, -0.05) is 0 Å². The number of aromatic amines is 1. The first-order chi connectivity index (χ1) is 10.8. The number of fused-ring (bicyclic) bond motifs is 1. The van der Waals surface area contributed by atoms with Crippen molar-refractivity contribution in [1.82, 2.24) is 20.3 Å². The number of carbonyl (C=O) groups is 1. The standard InChI is InChI=1S/C16H20N4O2/c21-16(19-7-5-12-9-17-11-20-12)10-22-15-6-8-18-14-4-2-1-3-13(14)15/h6,8-9,11H,1-5,7,10H2,(H,17,20)(H,19,21). The summed E-state index contributed by atoms with van der Waals surface area (Å²) in [5, 5.41) is 2.84. The van der Waals surface area contributed by atoms with Gasteiger partial charge in [0.1, 0.15) is 5.75 Å². The average Bonchev–Trinajstić information content (AvgIpc) is 3.06. The van der Waals surface area contributed by atoms with Crippen molar-refractivity contribution in [1.29, 1.82) is 0 Å². The second kappa shape index (κ2) is 7.06. The molecule has 0 bridgehead atoms. The van der Waals surface area contributed by atoms with E-state index < -0.39 is 0 Å². The van der Waals surface area contributed by atoms with Crippen molar-refractivity contribution in [3.8, 4) is 5.75 Å². The fraction of sp³-hybridized carbons (Fsp3) is 0.438. The molecule has 0 unspecified atom stereocenters. The summed E-state index contributed by atoms with van der Waals surface area (Å²) >= 11 is 0. The molecule has 0 radical (unpaired) electrons. The van der Waals surface area contributed by atoms with Gasteiger partial charge in [0, 0.05) is 42.3 Å². The van der Waals surface area contributed by atoms with Crippen LogP contribution in [0.5, 0.6) is 5.75 Å². The summed E-state index contributed by atoms with van der Waals surface area (Å²) in [6, 6.07) is 1.85. The highest BCUT2D eigenvalue weighted by Gasteiger charge is 2.15. The Labute approximate surface area is 129 Å². The van der Waals surface area contributed by atoms with Crippen LogP contribution in [0.25, 0.3) is 0 Å². The van der Waals surface area contributed by atoms with Crippen molar-refractivity contribution < 1.29 is 9.53 Å². The molecule has 2 aromatic rings. The Morgan fingerprint density at radius 3 is 3.14 bits per heavy atom. The fourth-order valence-corrected chi connectivity index (χ4v) is 2.68. The molecule has 0 fully saturated rings. The van der Waals surface area contributed by atoms with Gasteiger partial charge in [-0.3, -0.25) is 9.78 Å². The summed E-state index contributed by atoms with van der Waals surface area (Å²) in [5.41, 5.74) is 3.28. The summed E-state index contributed by atoms with van der Waals surface area (Å²) in [6.07, 6.45) is 10.2. The van der Waals surface area contributed by atoms with Crippen LogP contribution in [0.15, 0.2) is 24.8 Å². The van der Waals surface area contributed by atoms with Gasteiger partial charge in [-0.25, -0.2) is 4.98 Å². The molecule has 0 saturated heterocycles. The first kappa shape index (κ1) is 14.6. The van der Waals surface area contributed by atoms with Gasteiger partial charge in [0.2, 0.25) is 0 Å². The highest BCUT2D eigenvalue weighted by molar-refractivity contribution is 5.77. The van der Waals surface area contributed by atoms with Crippen molar-refractivity contribution >= 4 is 5.91 Å². The minimum atomic E-state index is -0.110. The smallest absolute Gasteiger partial charge is 0.257 e. The zero-order valence-corrected chi connectivity index (χ0v) is 12.5. The van der Waals surface area contributed by atoms with E-state index in [1.165, 1.54) is 12.0 Å². The van der Waals surface area contributed by atoms with E-state index in [-0.39, 0.29) is 12.5 Å². The highest BCUT2D eigenvalue weighted by atomic mass is 16.5. The lowest BCUT2D eigenvalue weighted by Gasteiger charge is -2.18. The number of ether oxygens (including phenoxy) is 1. The van der Waals surface area contributed by atoms with Crippen LogP contribution in [0.1, 0.15) is 29.8 Å². The molecule has 2 N–H and O–H groups in total. The van der Waals surface area contributed by atoms with Crippen LogP contribution in [0, 0.1) is 0 Å². The maximum absolute atomic E-state index is 11.8. The van der Waals surface area contributed by atoms with E-state index in [4.69, 9.17) is 4.74 Å². The normalized spacial score (nSPS) is 13.5. The van der Waals surface area contributed by atoms with Crippen LogP contribution in [-0.4, -0.2) is 34.0 Å². The molecule has 2 aromatic heterocycles.